The Bertz CT molecular complexity index is 1940. The van der Waals surface area contributed by atoms with Crippen molar-refractivity contribution in [2.45, 2.75) is 407 Å². The first-order valence-corrected chi connectivity index (χ1v) is 39.5. The molecule has 0 aromatic carbocycles. The molecule has 7 rings (SSSR count). The molecule has 0 bridgehead atoms. The Morgan fingerprint density at radius 2 is 0.532 bits per heavy atom. The van der Waals surface area contributed by atoms with Gasteiger partial charge in [0.1, 0.15) is 0 Å². The van der Waals surface area contributed by atoms with Gasteiger partial charge in [-0.3, -0.25) is 34.3 Å². The zero-order valence-electron chi connectivity index (χ0n) is 73.7. The lowest BCUT2D eigenvalue weighted by molar-refractivity contribution is -0.107. The summed E-state index contributed by atoms with van der Waals surface area (Å²) in [6.07, 6.45) is 9.61. The number of piperidine rings is 3. The van der Waals surface area contributed by atoms with Gasteiger partial charge in [0, 0.05) is 90.1 Å². The van der Waals surface area contributed by atoms with Gasteiger partial charge >= 0.3 is 0 Å². The molecule has 0 amide bonds. The molecule has 564 valence electrons. The number of nitrogens with zero attached hydrogens (tertiary/aromatic N) is 7. The largest absolute Gasteiger partial charge is 0.298 e. The molecule has 7 aliphatic rings. The van der Waals surface area contributed by atoms with Crippen molar-refractivity contribution < 1.29 is 0 Å². The maximum Gasteiger partial charge on any atom is 0.0128 e. The van der Waals surface area contributed by atoms with E-state index in [-0.39, 0.29) is 0 Å². The summed E-state index contributed by atoms with van der Waals surface area (Å²) in [4.78, 5) is 18.2. The Morgan fingerprint density at radius 1 is 0.255 bits per heavy atom. The van der Waals surface area contributed by atoms with Crippen LogP contribution in [-0.4, -0.2) is 164 Å². The Balaban J connectivity index is 0.000000549. The third-order valence-electron chi connectivity index (χ3n) is 25.0. The molecule has 7 saturated heterocycles. The SMILES string of the molecule is CC(C)(C)C1CCN(C(C)(C)C)C1.CC(C)(C)C1CCN(C(C)(C)C)CC1.CC(C)(C)C1CCN(C(C)(C)C)CC1.CC(C)(C)C1CN(C(C)(C)C)C1.CC(C)(C)N1CC(C)(C(C)(C)C)C1.CC1C(C(C)(C)C)CN1C(C)(C)C.CC1CC(C(C)(C)C)CCN1C(C)(C)C. The van der Waals surface area contributed by atoms with Crippen molar-refractivity contribution in [3.8, 4) is 0 Å². The molecule has 5 atom stereocenters. The summed E-state index contributed by atoms with van der Waals surface area (Å²) in [5.41, 5.74) is 6.41. The van der Waals surface area contributed by atoms with Crippen LogP contribution in [0.4, 0.5) is 0 Å². The third-order valence-corrected chi connectivity index (χ3v) is 25.0. The van der Waals surface area contributed by atoms with Crippen molar-refractivity contribution in [3.63, 3.8) is 0 Å². The number of likely N-dealkylation sites (tertiary alicyclic amines) is 7. The van der Waals surface area contributed by atoms with Gasteiger partial charge < -0.3 is 0 Å². The lowest BCUT2D eigenvalue weighted by Crippen LogP contribution is -2.65. The van der Waals surface area contributed by atoms with Crippen molar-refractivity contribution >= 4 is 0 Å². The Labute approximate surface area is 595 Å². The summed E-state index contributed by atoms with van der Waals surface area (Å²) in [7, 11) is 0. The lowest BCUT2D eigenvalue weighted by atomic mass is 9.62. The first kappa shape index (κ1) is 91.7. The maximum atomic E-state index is 2.66. The van der Waals surface area contributed by atoms with E-state index in [4.69, 9.17) is 0 Å². The quantitative estimate of drug-likeness (QED) is 0.238. The zero-order chi connectivity index (χ0) is 74.6. The van der Waals surface area contributed by atoms with E-state index in [1.165, 1.54) is 123 Å². The fourth-order valence-corrected chi connectivity index (χ4v) is 15.7. The van der Waals surface area contributed by atoms with E-state index in [1.54, 1.807) is 0 Å². The molecular weight excluding hydrogens is 1140 g/mol. The minimum Gasteiger partial charge on any atom is -0.298 e. The molecule has 0 N–H and O–H groups in total. The lowest BCUT2D eigenvalue weighted by Gasteiger charge is -2.60. The van der Waals surface area contributed by atoms with Gasteiger partial charge in [0.25, 0.3) is 0 Å². The molecule has 0 spiro atoms. The number of hydrogen-bond acceptors (Lipinski definition) is 7. The number of rotatable bonds is 0. The maximum absolute atomic E-state index is 2.66. The molecule has 7 heterocycles. The number of hydrogen-bond donors (Lipinski definition) is 0. The first-order chi connectivity index (χ1) is 41.2. The molecule has 5 unspecified atom stereocenters. The van der Waals surface area contributed by atoms with Crippen molar-refractivity contribution in [1.82, 2.24) is 34.3 Å². The second-order valence-corrected chi connectivity index (χ2v) is 46.9. The third kappa shape index (κ3) is 30.0. The Hall–Kier alpha value is -0.280. The molecule has 0 aromatic rings. The van der Waals surface area contributed by atoms with Crippen LogP contribution in [0.15, 0.2) is 0 Å². The molecule has 7 nitrogen and oxygen atoms in total. The van der Waals surface area contributed by atoms with E-state index in [1.807, 2.05) is 0 Å². The van der Waals surface area contributed by atoms with E-state index in [0.29, 0.717) is 82.1 Å². The molecule has 0 aromatic heterocycles. The van der Waals surface area contributed by atoms with Crippen molar-refractivity contribution in [3.05, 3.63) is 0 Å². The van der Waals surface area contributed by atoms with Crippen LogP contribution in [0.1, 0.15) is 357 Å². The van der Waals surface area contributed by atoms with Gasteiger partial charge in [-0.25, -0.2) is 0 Å². The summed E-state index contributed by atoms with van der Waals surface area (Å²) in [6, 6.07) is 1.49. The fraction of sp³-hybridized carbons (Fsp3) is 1.00. The van der Waals surface area contributed by atoms with Crippen LogP contribution in [-0.2, 0) is 0 Å². The summed E-state index contributed by atoms with van der Waals surface area (Å²) in [5, 5.41) is 0. The summed E-state index contributed by atoms with van der Waals surface area (Å²) >= 11 is 0. The molecule has 0 aliphatic carbocycles. The molecule has 7 heteroatoms. The van der Waals surface area contributed by atoms with E-state index in [9.17, 15) is 0 Å². The van der Waals surface area contributed by atoms with Crippen molar-refractivity contribution in [1.29, 1.82) is 0 Å². The Kier molecular flexibility index (Phi) is 32.2. The molecule has 7 fully saturated rings. The summed E-state index contributed by atoms with van der Waals surface area (Å²) < 4.78 is 0. The Morgan fingerprint density at radius 3 is 0.755 bits per heavy atom. The van der Waals surface area contributed by atoms with Gasteiger partial charge in [-0.05, 0) is 322 Å². The highest BCUT2D eigenvalue weighted by Crippen LogP contribution is 2.48. The van der Waals surface area contributed by atoms with Crippen LogP contribution < -0.4 is 0 Å². The van der Waals surface area contributed by atoms with Crippen LogP contribution in [0.2, 0.25) is 0 Å². The normalized spacial score (nSPS) is 25.9. The van der Waals surface area contributed by atoms with Crippen LogP contribution in [0.25, 0.3) is 0 Å². The molecule has 7 aliphatic heterocycles. The topological polar surface area (TPSA) is 22.7 Å². The van der Waals surface area contributed by atoms with Crippen molar-refractivity contribution in [2.75, 3.05) is 78.5 Å². The summed E-state index contributed by atoms with van der Waals surface area (Å²) in [5.74, 6) is 5.38. The molecule has 94 heavy (non-hydrogen) atoms. The van der Waals surface area contributed by atoms with Crippen LogP contribution in [0.3, 0.4) is 0 Å². The fourth-order valence-electron chi connectivity index (χ4n) is 15.7. The van der Waals surface area contributed by atoms with Crippen LogP contribution in [0.5, 0.6) is 0 Å². The molecule has 0 radical (unpaired) electrons. The average molecular weight is 1330 g/mol. The van der Waals surface area contributed by atoms with Crippen LogP contribution in [0, 0.1) is 78.8 Å². The van der Waals surface area contributed by atoms with Crippen molar-refractivity contribution in [2.24, 2.45) is 78.8 Å². The standard InChI is InChI=1S/C14H29N.2C13H27N.3C12H25N.C11H23N/c1-11-10-12(13(2,3)4)8-9-15(11)14(5,6)7;2*1-12(2,3)11-7-9-14(10-8-11)13(4,5)6;1-10(2,3)12(7)8-13(9-12)11(4,5)6;1-9-10(11(2,3)4)8-13(9)12(5,6)7;1-11(2,3)10-7-8-13(9-10)12(4,5)6;1-10(2,3)9-7-12(8-9)11(4,5)6/h11-12H,8-10H2,1-7H3;2*11H,7-10H2,1-6H3;8-9H2,1-7H3;9-10H,8H2,1-7H3;10H,7-9H2,1-6H3;9H,7-8H2,1-6H3. The van der Waals surface area contributed by atoms with Gasteiger partial charge in [-0.2, -0.15) is 0 Å². The highest BCUT2D eigenvalue weighted by Gasteiger charge is 2.50. The van der Waals surface area contributed by atoms with E-state index in [0.717, 1.165) is 47.6 Å². The smallest absolute Gasteiger partial charge is 0.0128 e. The van der Waals surface area contributed by atoms with Gasteiger partial charge in [0.05, 0.1) is 0 Å². The average Bonchev–Trinajstić information content (AvgIpc) is 0.898. The van der Waals surface area contributed by atoms with E-state index < -0.39 is 0 Å². The van der Waals surface area contributed by atoms with E-state index >= 15 is 0 Å². The molecular formula is C87H181N7. The van der Waals surface area contributed by atoms with E-state index in [2.05, 4.69) is 346 Å². The monoisotopic (exact) mass is 1320 g/mol. The predicted molar refractivity (Wildman–Crippen MR) is 426 cm³/mol. The van der Waals surface area contributed by atoms with Gasteiger partial charge in [-0.1, -0.05) is 152 Å². The predicted octanol–water partition coefficient (Wildman–Crippen LogP) is 23.2. The summed E-state index contributed by atoms with van der Waals surface area (Å²) in [6.45, 7) is 121. The first-order valence-electron chi connectivity index (χ1n) is 39.5. The minimum absolute atomic E-state index is 0.336. The highest BCUT2D eigenvalue weighted by atomic mass is 15.3. The zero-order valence-corrected chi connectivity index (χ0v) is 73.7. The second-order valence-electron chi connectivity index (χ2n) is 46.9. The molecule has 0 saturated carbocycles. The van der Waals surface area contributed by atoms with Gasteiger partial charge in [0.15, 0.2) is 0 Å². The second kappa shape index (κ2) is 33.0. The highest BCUT2D eigenvalue weighted by molar-refractivity contribution is 5.03. The minimum atomic E-state index is 0.336. The van der Waals surface area contributed by atoms with Crippen LogP contribution >= 0.6 is 0 Å². The van der Waals surface area contributed by atoms with Gasteiger partial charge in [0.2, 0.25) is 0 Å². The van der Waals surface area contributed by atoms with Gasteiger partial charge in [-0.15, -0.1) is 0 Å².